The van der Waals surface area contributed by atoms with Gasteiger partial charge in [0.05, 0.1) is 0 Å². The first-order valence-corrected chi connectivity index (χ1v) is 10.2. The third-order valence-electron chi connectivity index (χ3n) is 7.48. The second-order valence-corrected chi connectivity index (χ2v) is 8.66. The summed E-state index contributed by atoms with van der Waals surface area (Å²) < 4.78 is 0. The highest BCUT2D eigenvalue weighted by Gasteiger charge is 2.53. The highest BCUT2D eigenvalue weighted by molar-refractivity contribution is 5.93. The summed E-state index contributed by atoms with van der Waals surface area (Å²) in [5.41, 5.74) is 5.70. The Bertz CT molecular complexity index is 829. The van der Waals surface area contributed by atoms with Gasteiger partial charge < -0.3 is 0 Å². The van der Waals surface area contributed by atoms with Crippen LogP contribution in [0.3, 0.4) is 0 Å². The van der Waals surface area contributed by atoms with E-state index in [4.69, 9.17) is 0 Å². The molecule has 0 heterocycles. The molecule has 4 aliphatic rings. The summed E-state index contributed by atoms with van der Waals surface area (Å²) >= 11 is 0. The van der Waals surface area contributed by atoms with Gasteiger partial charge in [0.2, 0.25) is 0 Å². The van der Waals surface area contributed by atoms with Gasteiger partial charge >= 0.3 is 0 Å². The number of carbonyl (C=O) groups is 2. The van der Waals surface area contributed by atoms with Gasteiger partial charge in [0.1, 0.15) is 5.78 Å². The number of ketones is 2. The van der Waals surface area contributed by atoms with E-state index < -0.39 is 0 Å². The van der Waals surface area contributed by atoms with Gasteiger partial charge in [0.25, 0.3) is 0 Å². The van der Waals surface area contributed by atoms with Crippen LogP contribution in [0.25, 0.3) is 0 Å². The quantitative estimate of drug-likeness (QED) is 0.716. The van der Waals surface area contributed by atoms with Crippen LogP contribution in [-0.4, -0.2) is 11.6 Å². The molecular formula is C24H26O2. The molecule has 0 aliphatic heterocycles. The Labute approximate surface area is 155 Å². The molecule has 2 saturated carbocycles. The summed E-state index contributed by atoms with van der Waals surface area (Å²) in [6.45, 7) is 2.30. The van der Waals surface area contributed by atoms with Gasteiger partial charge in [-0.05, 0) is 66.2 Å². The van der Waals surface area contributed by atoms with Crippen molar-refractivity contribution in [1.82, 2.24) is 0 Å². The average molecular weight is 346 g/mol. The Morgan fingerprint density at radius 2 is 1.73 bits per heavy atom. The van der Waals surface area contributed by atoms with Gasteiger partial charge in [0, 0.05) is 24.7 Å². The fourth-order valence-corrected chi connectivity index (χ4v) is 6.53. The monoisotopic (exact) mass is 346 g/mol. The first-order chi connectivity index (χ1) is 12.6. The van der Waals surface area contributed by atoms with E-state index in [0.29, 0.717) is 35.9 Å². The SMILES string of the molecule is C[C@H]1C2C(=O)CCC2C2CCC3=CC(=O)CCC3=C2[C@H]1c1ccccc1. The topological polar surface area (TPSA) is 34.1 Å². The predicted octanol–water partition coefficient (Wildman–Crippen LogP) is 5.01. The van der Waals surface area contributed by atoms with Crippen LogP contribution < -0.4 is 0 Å². The van der Waals surface area contributed by atoms with Crippen LogP contribution in [0.1, 0.15) is 56.9 Å². The molecule has 0 spiro atoms. The highest BCUT2D eigenvalue weighted by Crippen LogP contribution is 2.59. The third-order valence-corrected chi connectivity index (χ3v) is 7.48. The highest BCUT2D eigenvalue weighted by atomic mass is 16.1. The van der Waals surface area contributed by atoms with Crippen molar-refractivity contribution in [3.05, 3.63) is 58.7 Å². The Morgan fingerprint density at radius 1 is 0.923 bits per heavy atom. The standard InChI is InChI=1S/C24H26O2/c1-14-22(15-5-3-2-4-6-15)24-18-10-8-17(25)13-16(18)7-9-20(24)19-11-12-21(26)23(14)19/h2-6,13-14,19-20,22-23H,7-12H2,1H3/t14-,19?,20?,22-,23?/m1/s1. The maximum Gasteiger partial charge on any atom is 0.156 e. The molecule has 0 aromatic heterocycles. The third kappa shape index (κ3) is 2.31. The number of hydrogen-bond donors (Lipinski definition) is 0. The zero-order valence-corrected chi connectivity index (χ0v) is 15.4. The molecule has 26 heavy (non-hydrogen) atoms. The minimum absolute atomic E-state index is 0.227. The Kier molecular flexibility index (Phi) is 3.77. The number of benzene rings is 1. The van der Waals surface area contributed by atoms with Crippen LogP contribution in [0.15, 0.2) is 53.1 Å². The van der Waals surface area contributed by atoms with Crippen molar-refractivity contribution >= 4 is 11.6 Å². The van der Waals surface area contributed by atoms with Crippen molar-refractivity contribution < 1.29 is 9.59 Å². The molecular weight excluding hydrogens is 320 g/mol. The maximum atomic E-state index is 12.7. The number of allylic oxidation sites excluding steroid dienone is 4. The van der Waals surface area contributed by atoms with Crippen LogP contribution in [0.5, 0.6) is 0 Å². The predicted molar refractivity (Wildman–Crippen MR) is 102 cm³/mol. The molecule has 2 fully saturated rings. The summed E-state index contributed by atoms with van der Waals surface area (Å²) in [6, 6.07) is 10.8. The smallest absolute Gasteiger partial charge is 0.156 e. The van der Waals surface area contributed by atoms with E-state index in [1.54, 1.807) is 5.57 Å². The Balaban J connectivity index is 1.71. The van der Waals surface area contributed by atoms with Gasteiger partial charge in [0.15, 0.2) is 5.78 Å². The van der Waals surface area contributed by atoms with E-state index in [1.807, 2.05) is 6.08 Å². The Morgan fingerprint density at radius 3 is 2.54 bits per heavy atom. The van der Waals surface area contributed by atoms with Gasteiger partial charge in [-0.1, -0.05) is 42.8 Å². The molecule has 0 N–H and O–H groups in total. The van der Waals surface area contributed by atoms with E-state index in [-0.39, 0.29) is 11.7 Å². The zero-order valence-electron chi connectivity index (χ0n) is 15.4. The molecule has 1 aromatic carbocycles. The lowest BCUT2D eigenvalue weighted by molar-refractivity contribution is -0.123. The van der Waals surface area contributed by atoms with Crippen LogP contribution in [0, 0.1) is 23.7 Å². The largest absolute Gasteiger partial charge is 0.299 e. The first kappa shape index (κ1) is 16.2. The molecule has 2 nitrogen and oxygen atoms in total. The molecule has 0 radical (unpaired) electrons. The fraction of sp³-hybridized carbons (Fsp3) is 0.500. The number of fused-ring (bicyclic) bond motifs is 4. The summed E-state index contributed by atoms with van der Waals surface area (Å²) in [4.78, 5) is 24.7. The summed E-state index contributed by atoms with van der Waals surface area (Å²) in [5, 5.41) is 0. The van der Waals surface area contributed by atoms with Gasteiger partial charge in [-0.15, -0.1) is 0 Å². The van der Waals surface area contributed by atoms with Crippen molar-refractivity contribution in [2.24, 2.45) is 23.7 Å². The molecule has 0 saturated heterocycles. The molecule has 4 aliphatic carbocycles. The van der Waals surface area contributed by atoms with Crippen LogP contribution in [-0.2, 0) is 9.59 Å². The average Bonchev–Trinajstić information content (AvgIpc) is 3.04. The van der Waals surface area contributed by atoms with Crippen molar-refractivity contribution in [3.8, 4) is 0 Å². The molecule has 134 valence electrons. The lowest BCUT2D eigenvalue weighted by Crippen LogP contribution is -2.42. The second kappa shape index (κ2) is 6.04. The fourth-order valence-electron chi connectivity index (χ4n) is 6.53. The molecule has 2 heteroatoms. The molecule has 3 unspecified atom stereocenters. The molecule has 5 atom stereocenters. The van der Waals surface area contributed by atoms with Crippen LogP contribution in [0.2, 0.25) is 0 Å². The van der Waals surface area contributed by atoms with Gasteiger partial charge in [-0.25, -0.2) is 0 Å². The second-order valence-electron chi connectivity index (χ2n) is 8.66. The molecule has 0 amide bonds. The summed E-state index contributed by atoms with van der Waals surface area (Å²) in [7, 11) is 0. The van der Waals surface area contributed by atoms with Crippen molar-refractivity contribution in [3.63, 3.8) is 0 Å². The van der Waals surface area contributed by atoms with E-state index in [0.717, 1.165) is 32.1 Å². The molecule has 1 aromatic rings. The lowest BCUT2D eigenvalue weighted by atomic mass is 9.54. The minimum Gasteiger partial charge on any atom is -0.299 e. The van der Waals surface area contributed by atoms with Crippen molar-refractivity contribution in [1.29, 1.82) is 0 Å². The van der Waals surface area contributed by atoms with E-state index in [1.165, 1.54) is 16.7 Å². The van der Waals surface area contributed by atoms with Gasteiger partial charge in [-0.3, -0.25) is 9.59 Å². The van der Waals surface area contributed by atoms with E-state index in [9.17, 15) is 9.59 Å². The van der Waals surface area contributed by atoms with Crippen molar-refractivity contribution in [2.45, 2.75) is 51.4 Å². The lowest BCUT2D eigenvalue weighted by Gasteiger charge is -2.49. The molecule has 5 rings (SSSR count). The Hall–Kier alpha value is -1.96. The normalized spacial score (nSPS) is 36.3. The first-order valence-electron chi connectivity index (χ1n) is 10.2. The summed E-state index contributed by atoms with van der Waals surface area (Å²) in [5.74, 6) is 2.76. The van der Waals surface area contributed by atoms with Crippen LogP contribution >= 0.6 is 0 Å². The van der Waals surface area contributed by atoms with Crippen molar-refractivity contribution in [2.75, 3.05) is 0 Å². The number of Topliss-reactive ketones (excluding diaryl/α,β-unsaturated/α-hetero) is 1. The van der Waals surface area contributed by atoms with Gasteiger partial charge in [-0.2, -0.15) is 0 Å². The number of carbonyl (C=O) groups excluding carboxylic acids is 2. The number of rotatable bonds is 1. The van der Waals surface area contributed by atoms with E-state index >= 15 is 0 Å². The summed E-state index contributed by atoms with van der Waals surface area (Å²) in [6.07, 6.45) is 7.43. The number of hydrogen-bond acceptors (Lipinski definition) is 2. The zero-order chi connectivity index (χ0) is 17.8. The van der Waals surface area contributed by atoms with Crippen LogP contribution in [0.4, 0.5) is 0 Å². The molecule has 0 bridgehead atoms. The minimum atomic E-state index is 0.227. The van der Waals surface area contributed by atoms with E-state index in [2.05, 4.69) is 37.3 Å². The maximum absolute atomic E-state index is 12.7.